The van der Waals surface area contributed by atoms with Gasteiger partial charge in [-0.3, -0.25) is 9.78 Å². The van der Waals surface area contributed by atoms with E-state index in [0.717, 1.165) is 29.2 Å². The lowest BCUT2D eigenvalue weighted by Crippen LogP contribution is -2.31. The van der Waals surface area contributed by atoms with E-state index in [1.54, 1.807) is 12.3 Å². The molecule has 0 saturated carbocycles. The van der Waals surface area contributed by atoms with Crippen molar-refractivity contribution in [2.45, 2.75) is 33.2 Å². The van der Waals surface area contributed by atoms with E-state index < -0.39 is 0 Å². The van der Waals surface area contributed by atoms with E-state index in [0.29, 0.717) is 18.8 Å². The van der Waals surface area contributed by atoms with Crippen molar-refractivity contribution in [2.24, 2.45) is 5.92 Å². The number of hydrogen-bond donors (Lipinski definition) is 1. The first-order valence-electron chi connectivity index (χ1n) is 8.67. The molecule has 5 nitrogen and oxygen atoms in total. The number of ether oxygens (including phenoxy) is 2. The third kappa shape index (κ3) is 4.10. The Morgan fingerprint density at radius 2 is 1.88 bits per heavy atom. The second kappa shape index (κ2) is 7.55. The van der Waals surface area contributed by atoms with Crippen molar-refractivity contribution in [3.8, 4) is 11.5 Å². The van der Waals surface area contributed by atoms with Crippen LogP contribution in [-0.2, 0) is 0 Å². The van der Waals surface area contributed by atoms with Gasteiger partial charge in [-0.15, -0.1) is 0 Å². The number of aromatic nitrogens is 1. The SMILES string of the molecule is Cc1ccc(C(=O)N[C@H](c2ccc3c(c2)OCCCO3)C(C)C)cn1. The van der Waals surface area contributed by atoms with Crippen LogP contribution < -0.4 is 14.8 Å². The average Bonchev–Trinajstić information content (AvgIpc) is 2.84. The number of benzene rings is 1. The number of aryl methyl sites for hydroxylation is 1. The van der Waals surface area contributed by atoms with E-state index in [2.05, 4.69) is 24.1 Å². The number of pyridine rings is 1. The zero-order chi connectivity index (χ0) is 17.8. The second-order valence-corrected chi connectivity index (χ2v) is 6.64. The molecule has 5 heteroatoms. The Morgan fingerprint density at radius 3 is 2.56 bits per heavy atom. The van der Waals surface area contributed by atoms with E-state index in [9.17, 15) is 4.79 Å². The molecule has 2 heterocycles. The second-order valence-electron chi connectivity index (χ2n) is 6.64. The van der Waals surface area contributed by atoms with Crippen LogP contribution in [-0.4, -0.2) is 24.1 Å². The van der Waals surface area contributed by atoms with Crippen LogP contribution in [0.25, 0.3) is 0 Å². The third-order valence-corrected chi connectivity index (χ3v) is 4.26. The fourth-order valence-corrected chi connectivity index (χ4v) is 2.83. The van der Waals surface area contributed by atoms with Gasteiger partial charge in [-0.05, 0) is 42.7 Å². The van der Waals surface area contributed by atoms with Gasteiger partial charge in [0.15, 0.2) is 11.5 Å². The normalized spacial score (nSPS) is 14.7. The van der Waals surface area contributed by atoms with Crippen molar-refractivity contribution in [2.75, 3.05) is 13.2 Å². The maximum absolute atomic E-state index is 12.6. The highest BCUT2D eigenvalue weighted by atomic mass is 16.5. The highest BCUT2D eigenvalue weighted by Crippen LogP contribution is 2.34. The molecule has 1 aromatic carbocycles. The maximum atomic E-state index is 12.6. The Morgan fingerprint density at radius 1 is 1.12 bits per heavy atom. The number of amides is 1. The van der Waals surface area contributed by atoms with E-state index >= 15 is 0 Å². The van der Waals surface area contributed by atoms with Crippen LogP contribution in [0.1, 0.15) is 47.9 Å². The standard InChI is InChI=1S/C20H24N2O3/c1-13(2)19(22-20(23)16-6-5-14(3)21-12-16)15-7-8-17-18(11-15)25-10-4-9-24-17/h5-8,11-13,19H,4,9-10H2,1-3H3,(H,22,23)/t19-/m0/s1. The number of carbonyl (C=O) groups excluding carboxylic acids is 1. The Labute approximate surface area is 148 Å². The van der Waals surface area contributed by atoms with Crippen molar-refractivity contribution in [1.29, 1.82) is 0 Å². The Kier molecular flexibility index (Phi) is 5.22. The molecule has 1 aliphatic heterocycles. The number of fused-ring (bicyclic) bond motifs is 1. The van der Waals surface area contributed by atoms with E-state index in [1.165, 1.54) is 0 Å². The lowest BCUT2D eigenvalue weighted by atomic mass is 9.95. The molecule has 1 atom stereocenters. The molecule has 25 heavy (non-hydrogen) atoms. The van der Waals surface area contributed by atoms with Crippen molar-refractivity contribution < 1.29 is 14.3 Å². The van der Waals surface area contributed by atoms with E-state index in [1.807, 2.05) is 31.2 Å². The van der Waals surface area contributed by atoms with E-state index in [4.69, 9.17) is 9.47 Å². The van der Waals surface area contributed by atoms with Gasteiger partial charge in [-0.1, -0.05) is 19.9 Å². The number of hydrogen-bond acceptors (Lipinski definition) is 4. The minimum atomic E-state index is -0.127. The highest BCUT2D eigenvalue weighted by Gasteiger charge is 2.21. The Hall–Kier alpha value is -2.56. The predicted octanol–water partition coefficient (Wildman–Crippen LogP) is 3.68. The number of rotatable bonds is 4. The fourth-order valence-electron chi connectivity index (χ4n) is 2.83. The molecule has 0 radical (unpaired) electrons. The topological polar surface area (TPSA) is 60.5 Å². The van der Waals surface area contributed by atoms with Gasteiger partial charge in [0.2, 0.25) is 0 Å². The molecule has 132 valence electrons. The maximum Gasteiger partial charge on any atom is 0.253 e. The fraction of sp³-hybridized carbons (Fsp3) is 0.400. The summed E-state index contributed by atoms with van der Waals surface area (Å²) in [6.45, 7) is 7.38. The van der Waals surface area contributed by atoms with Gasteiger partial charge >= 0.3 is 0 Å². The molecule has 0 spiro atoms. The molecule has 1 aliphatic rings. The zero-order valence-corrected chi connectivity index (χ0v) is 14.9. The van der Waals surface area contributed by atoms with Crippen LogP contribution in [0.2, 0.25) is 0 Å². The first-order valence-corrected chi connectivity index (χ1v) is 8.67. The summed E-state index contributed by atoms with van der Waals surface area (Å²) < 4.78 is 11.5. The largest absolute Gasteiger partial charge is 0.490 e. The summed E-state index contributed by atoms with van der Waals surface area (Å²) >= 11 is 0. The zero-order valence-electron chi connectivity index (χ0n) is 14.9. The summed E-state index contributed by atoms with van der Waals surface area (Å²) in [7, 11) is 0. The van der Waals surface area contributed by atoms with Crippen LogP contribution in [0.4, 0.5) is 0 Å². The third-order valence-electron chi connectivity index (χ3n) is 4.26. The summed E-state index contributed by atoms with van der Waals surface area (Å²) in [6.07, 6.45) is 2.48. The highest BCUT2D eigenvalue weighted by molar-refractivity contribution is 5.94. The molecular weight excluding hydrogens is 316 g/mol. The summed E-state index contributed by atoms with van der Waals surface area (Å²) in [6, 6.07) is 9.40. The molecule has 1 N–H and O–H groups in total. The lowest BCUT2D eigenvalue weighted by molar-refractivity contribution is 0.0925. The summed E-state index contributed by atoms with van der Waals surface area (Å²) in [5.74, 6) is 1.61. The number of nitrogens with zero attached hydrogens (tertiary/aromatic N) is 1. The quantitative estimate of drug-likeness (QED) is 0.922. The van der Waals surface area contributed by atoms with E-state index in [-0.39, 0.29) is 17.9 Å². The molecule has 3 rings (SSSR count). The number of nitrogens with one attached hydrogen (secondary N) is 1. The summed E-state index contributed by atoms with van der Waals surface area (Å²) in [5.41, 5.74) is 2.46. The minimum absolute atomic E-state index is 0.119. The average molecular weight is 340 g/mol. The number of carbonyl (C=O) groups is 1. The van der Waals surface area contributed by atoms with Gasteiger partial charge in [0.05, 0.1) is 24.8 Å². The molecule has 2 aromatic rings. The van der Waals surface area contributed by atoms with Crippen molar-refractivity contribution in [3.63, 3.8) is 0 Å². The van der Waals surface area contributed by atoms with Crippen LogP contribution in [0, 0.1) is 12.8 Å². The summed E-state index contributed by atoms with van der Waals surface area (Å²) in [5, 5.41) is 3.12. The smallest absolute Gasteiger partial charge is 0.253 e. The van der Waals surface area contributed by atoms with Crippen LogP contribution in [0.5, 0.6) is 11.5 Å². The molecule has 0 aliphatic carbocycles. The molecular formula is C20H24N2O3. The van der Waals surface area contributed by atoms with Crippen LogP contribution in [0.15, 0.2) is 36.5 Å². The summed E-state index contributed by atoms with van der Waals surface area (Å²) in [4.78, 5) is 16.8. The first kappa shape index (κ1) is 17.3. The van der Waals surface area contributed by atoms with Crippen LogP contribution in [0.3, 0.4) is 0 Å². The van der Waals surface area contributed by atoms with Gasteiger partial charge in [0.25, 0.3) is 5.91 Å². The lowest BCUT2D eigenvalue weighted by Gasteiger charge is -2.24. The molecule has 1 aromatic heterocycles. The van der Waals surface area contributed by atoms with Crippen LogP contribution >= 0.6 is 0 Å². The van der Waals surface area contributed by atoms with Gasteiger partial charge < -0.3 is 14.8 Å². The van der Waals surface area contributed by atoms with Gasteiger partial charge in [0, 0.05) is 18.3 Å². The molecule has 0 fully saturated rings. The molecule has 0 unspecified atom stereocenters. The minimum Gasteiger partial charge on any atom is -0.490 e. The molecule has 0 bridgehead atoms. The van der Waals surface area contributed by atoms with Gasteiger partial charge in [-0.25, -0.2) is 0 Å². The first-order chi connectivity index (χ1) is 12.0. The van der Waals surface area contributed by atoms with Gasteiger partial charge in [-0.2, -0.15) is 0 Å². The molecule has 1 amide bonds. The van der Waals surface area contributed by atoms with Crippen molar-refractivity contribution in [3.05, 3.63) is 53.3 Å². The monoisotopic (exact) mass is 340 g/mol. The predicted molar refractivity (Wildman–Crippen MR) is 96.1 cm³/mol. The Bertz CT molecular complexity index is 741. The van der Waals surface area contributed by atoms with Gasteiger partial charge in [0.1, 0.15) is 0 Å². The molecule has 0 saturated heterocycles. The Balaban J connectivity index is 1.82. The van der Waals surface area contributed by atoms with Crippen molar-refractivity contribution >= 4 is 5.91 Å². The van der Waals surface area contributed by atoms with Crippen molar-refractivity contribution in [1.82, 2.24) is 10.3 Å².